The number of aliphatic hydroxyl groups is 1. The second-order valence-electron chi connectivity index (χ2n) is 7.00. The van der Waals surface area contributed by atoms with E-state index in [1.807, 2.05) is 32.1 Å². The first-order valence-corrected chi connectivity index (χ1v) is 8.13. The smallest absolute Gasteiger partial charge is 0.163 e. The fourth-order valence-electron chi connectivity index (χ4n) is 3.22. The molecule has 1 rings (SSSR count). The van der Waals surface area contributed by atoms with Crippen LogP contribution in [0.15, 0.2) is 46.6 Å². The van der Waals surface area contributed by atoms with E-state index < -0.39 is 0 Å². The zero-order valence-corrected chi connectivity index (χ0v) is 14.7. The van der Waals surface area contributed by atoms with Gasteiger partial charge in [0.15, 0.2) is 5.78 Å². The molecule has 0 heterocycles. The highest BCUT2D eigenvalue weighted by molar-refractivity contribution is 5.98. The Morgan fingerprint density at radius 2 is 2.00 bits per heavy atom. The Morgan fingerprint density at radius 3 is 2.59 bits per heavy atom. The summed E-state index contributed by atoms with van der Waals surface area (Å²) >= 11 is 0. The minimum absolute atomic E-state index is 0.00991. The van der Waals surface area contributed by atoms with Gasteiger partial charge < -0.3 is 5.11 Å². The zero-order chi connectivity index (χ0) is 16.8. The van der Waals surface area contributed by atoms with Crippen LogP contribution in [0.4, 0.5) is 0 Å². The van der Waals surface area contributed by atoms with Crippen molar-refractivity contribution >= 4 is 5.78 Å². The Hall–Kier alpha value is -1.41. The summed E-state index contributed by atoms with van der Waals surface area (Å²) in [5.41, 5.74) is 4.42. The number of rotatable bonds is 6. The van der Waals surface area contributed by atoms with Gasteiger partial charge >= 0.3 is 0 Å². The number of allylic oxidation sites excluding steroid dienone is 7. The van der Waals surface area contributed by atoms with Crippen LogP contribution in [0.25, 0.3) is 0 Å². The van der Waals surface area contributed by atoms with Crippen LogP contribution in [0.5, 0.6) is 0 Å². The molecule has 0 saturated carbocycles. The van der Waals surface area contributed by atoms with Crippen molar-refractivity contribution in [3.05, 3.63) is 46.6 Å². The van der Waals surface area contributed by atoms with Crippen LogP contribution in [-0.2, 0) is 4.79 Å². The first-order valence-electron chi connectivity index (χ1n) is 8.13. The third kappa shape index (κ3) is 5.42. The predicted octanol–water partition coefficient (Wildman–Crippen LogP) is 4.91. The Kier molecular flexibility index (Phi) is 7.02. The van der Waals surface area contributed by atoms with Crippen molar-refractivity contribution in [1.29, 1.82) is 0 Å². The Balaban J connectivity index is 2.78. The van der Waals surface area contributed by atoms with Gasteiger partial charge in [-0.1, -0.05) is 54.9 Å². The molecule has 0 aliphatic heterocycles. The molecule has 0 fully saturated rings. The fraction of sp³-hybridized carbons (Fsp3) is 0.550. The lowest BCUT2D eigenvalue weighted by atomic mass is 9.70. The molecule has 0 amide bonds. The molecule has 0 radical (unpaired) electrons. The van der Waals surface area contributed by atoms with Gasteiger partial charge in [0.1, 0.15) is 0 Å². The lowest BCUT2D eigenvalue weighted by Crippen LogP contribution is -2.26. The number of carbonyl (C=O) groups is 1. The number of aliphatic hydroxyl groups excluding tert-OH is 1. The summed E-state index contributed by atoms with van der Waals surface area (Å²) in [7, 11) is 0. The van der Waals surface area contributed by atoms with Gasteiger partial charge in [0.05, 0.1) is 6.61 Å². The van der Waals surface area contributed by atoms with Crippen molar-refractivity contribution in [2.75, 3.05) is 6.61 Å². The summed E-state index contributed by atoms with van der Waals surface area (Å²) in [6.45, 7) is 10.5. The van der Waals surface area contributed by atoms with Crippen molar-refractivity contribution in [2.24, 2.45) is 5.41 Å². The van der Waals surface area contributed by atoms with Gasteiger partial charge in [0, 0.05) is 6.42 Å². The molecular weight excluding hydrogens is 272 g/mol. The molecule has 2 heteroatoms. The van der Waals surface area contributed by atoms with Gasteiger partial charge in [-0.3, -0.25) is 4.79 Å². The summed E-state index contributed by atoms with van der Waals surface area (Å²) in [6.07, 6.45) is 11.4. The van der Waals surface area contributed by atoms with E-state index in [1.54, 1.807) is 6.08 Å². The molecular formula is C20H30O2. The van der Waals surface area contributed by atoms with Crippen LogP contribution in [0, 0.1) is 5.41 Å². The van der Waals surface area contributed by atoms with Crippen molar-refractivity contribution in [1.82, 2.24) is 0 Å². The molecule has 0 atom stereocenters. The molecule has 1 N–H and O–H groups in total. The van der Waals surface area contributed by atoms with E-state index in [0.717, 1.165) is 29.6 Å². The zero-order valence-electron chi connectivity index (χ0n) is 14.7. The first-order chi connectivity index (χ1) is 10.3. The molecule has 122 valence electrons. The average molecular weight is 302 g/mol. The van der Waals surface area contributed by atoms with Crippen LogP contribution < -0.4 is 0 Å². The van der Waals surface area contributed by atoms with Gasteiger partial charge in [-0.15, -0.1) is 0 Å². The number of ketones is 1. The Bertz CT molecular complexity index is 528. The lowest BCUT2D eigenvalue weighted by molar-refractivity contribution is -0.116. The molecule has 0 aromatic heterocycles. The van der Waals surface area contributed by atoms with Crippen LogP contribution >= 0.6 is 0 Å². The summed E-state index contributed by atoms with van der Waals surface area (Å²) < 4.78 is 0. The summed E-state index contributed by atoms with van der Waals surface area (Å²) in [6, 6.07) is 0. The van der Waals surface area contributed by atoms with E-state index in [4.69, 9.17) is 5.11 Å². The van der Waals surface area contributed by atoms with Crippen molar-refractivity contribution in [3.63, 3.8) is 0 Å². The fourth-order valence-corrected chi connectivity index (χ4v) is 3.22. The highest BCUT2D eigenvalue weighted by Gasteiger charge is 2.32. The highest BCUT2D eigenvalue weighted by Crippen LogP contribution is 2.41. The molecule has 1 aliphatic rings. The molecule has 22 heavy (non-hydrogen) atoms. The SMILES string of the molecule is CC1=C(C(=O)C/C(C)=C/C=C/C(C)=C/CO)C(C)(C)CCC1. The third-order valence-corrected chi connectivity index (χ3v) is 4.33. The Morgan fingerprint density at radius 1 is 1.32 bits per heavy atom. The minimum atomic E-state index is 0.00991. The summed E-state index contributed by atoms with van der Waals surface area (Å²) in [5.74, 6) is 0.270. The quantitative estimate of drug-likeness (QED) is 0.708. The first kappa shape index (κ1) is 18.6. The maximum Gasteiger partial charge on any atom is 0.163 e. The van der Waals surface area contributed by atoms with Gasteiger partial charge in [0.25, 0.3) is 0 Å². The van der Waals surface area contributed by atoms with Crippen molar-refractivity contribution in [2.45, 2.75) is 60.3 Å². The highest BCUT2D eigenvalue weighted by atomic mass is 16.2. The van der Waals surface area contributed by atoms with Crippen LogP contribution in [0.3, 0.4) is 0 Å². The van der Waals surface area contributed by atoms with Gasteiger partial charge in [-0.2, -0.15) is 0 Å². The lowest BCUT2D eigenvalue weighted by Gasteiger charge is -2.33. The van der Waals surface area contributed by atoms with E-state index in [-0.39, 0.29) is 17.8 Å². The monoisotopic (exact) mass is 302 g/mol. The van der Waals surface area contributed by atoms with Gasteiger partial charge in [-0.05, 0) is 51.0 Å². The molecule has 0 bridgehead atoms. The second-order valence-corrected chi connectivity index (χ2v) is 7.00. The van der Waals surface area contributed by atoms with E-state index in [1.165, 1.54) is 12.0 Å². The topological polar surface area (TPSA) is 37.3 Å². The molecule has 0 spiro atoms. The predicted molar refractivity (Wildman–Crippen MR) is 93.7 cm³/mol. The molecule has 1 aliphatic carbocycles. The van der Waals surface area contributed by atoms with Crippen LogP contribution in [0.1, 0.15) is 60.3 Å². The van der Waals surface area contributed by atoms with E-state index in [2.05, 4.69) is 20.8 Å². The van der Waals surface area contributed by atoms with Crippen LogP contribution in [-0.4, -0.2) is 17.5 Å². The normalized spacial score (nSPS) is 19.9. The summed E-state index contributed by atoms with van der Waals surface area (Å²) in [5, 5.41) is 8.81. The average Bonchev–Trinajstić information content (AvgIpc) is 2.37. The molecule has 0 aromatic rings. The van der Waals surface area contributed by atoms with E-state index >= 15 is 0 Å². The minimum Gasteiger partial charge on any atom is -0.392 e. The van der Waals surface area contributed by atoms with Crippen molar-refractivity contribution in [3.8, 4) is 0 Å². The van der Waals surface area contributed by atoms with Crippen LogP contribution in [0.2, 0.25) is 0 Å². The maximum atomic E-state index is 12.7. The number of hydrogen-bond donors (Lipinski definition) is 1. The molecule has 0 aromatic carbocycles. The third-order valence-electron chi connectivity index (χ3n) is 4.33. The molecule has 2 nitrogen and oxygen atoms in total. The van der Waals surface area contributed by atoms with Crippen molar-refractivity contribution < 1.29 is 9.90 Å². The standard InChI is InChI=1S/C20H30O2/c1-15(11-13-21)8-6-9-16(2)14-18(22)19-17(3)10-7-12-20(19,4)5/h6,8-9,11,21H,7,10,12-14H2,1-5H3/b8-6+,15-11+,16-9+. The Labute approximate surface area is 135 Å². The summed E-state index contributed by atoms with van der Waals surface area (Å²) in [4.78, 5) is 12.7. The molecule has 0 saturated heterocycles. The van der Waals surface area contributed by atoms with Gasteiger partial charge in [0.2, 0.25) is 0 Å². The number of hydrogen-bond acceptors (Lipinski definition) is 2. The van der Waals surface area contributed by atoms with E-state index in [0.29, 0.717) is 6.42 Å². The second kappa shape index (κ2) is 8.28. The number of carbonyl (C=O) groups excluding carboxylic acids is 1. The van der Waals surface area contributed by atoms with E-state index in [9.17, 15) is 4.79 Å². The number of Topliss-reactive ketones (excluding diaryl/α,β-unsaturated/α-hetero) is 1. The largest absolute Gasteiger partial charge is 0.392 e. The molecule has 0 unspecified atom stereocenters. The maximum absolute atomic E-state index is 12.7. The van der Waals surface area contributed by atoms with Gasteiger partial charge in [-0.25, -0.2) is 0 Å².